The van der Waals surface area contributed by atoms with Crippen LogP contribution in [-0.4, -0.2) is 4.98 Å². The van der Waals surface area contributed by atoms with Gasteiger partial charge in [-0.1, -0.05) is 60.7 Å². The predicted molar refractivity (Wildman–Crippen MR) is 180 cm³/mol. The summed E-state index contributed by atoms with van der Waals surface area (Å²) in [6.07, 6.45) is 0. The van der Waals surface area contributed by atoms with Crippen molar-refractivity contribution in [3.63, 3.8) is 0 Å². The normalized spacial score (nSPS) is 10.7. The molecule has 0 fully saturated rings. The summed E-state index contributed by atoms with van der Waals surface area (Å²) in [4.78, 5) is 7.09. The van der Waals surface area contributed by atoms with E-state index in [1.807, 2.05) is 60.7 Å². The number of hydrogen-bond acceptors (Lipinski definition) is 5. The number of rotatable bonds is 6. The Bertz CT molecular complexity index is 2010. The van der Waals surface area contributed by atoms with E-state index in [0.717, 1.165) is 55.4 Å². The fourth-order valence-electron chi connectivity index (χ4n) is 5.28. The maximum absolute atomic E-state index is 9.16. The molecule has 1 heterocycles. The molecule has 0 unspecified atom stereocenters. The Kier molecular flexibility index (Phi) is 7.14. The van der Waals surface area contributed by atoms with Crippen molar-refractivity contribution in [3.05, 3.63) is 157 Å². The van der Waals surface area contributed by atoms with Crippen molar-refractivity contribution in [1.82, 2.24) is 4.98 Å². The number of anilines is 3. The molecule has 0 spiro atoms. The van der Waals surface area contributed by atoms with Crippen molar-refractivity contribution < 1.29 is 0 Å². The van der Waals surface area contributed by atoms with E-state index in [1.54, 1.807) is 11.3 Å². The third-order valence-electron chi connectivity index (χ3n) is 7.61. The first-order valence-electron chi connectivity index (χ1n) is 14.2. The van der Waals surface area contributed by atoms with Gasteiger partial charge in [0.25, 0.3) is 0 Å². The molecular weight excluding hydrogens is 557 g/mol. The zero-order chi connectivity index (χ0) is 29.9. The lowest BCUT2D eigenvalue weighted by Crippen LogP contribution is -2.09. The minimum Gasteiger partial charge on any atom is -0.311 e. The summed E-state index contributed by atoms with van der Waals surface area (Å²) in [5, 5.41) is 19.3. The summed E-state index contributed by atoms with van der Waals surface area (Å²) >= 11 is 1.70. The van der Waals surface area contributed by atoms with Crippen molar-refractivity contribution in [2.75, 3.05) is 4.90 Å². The van der Waals surface area contributed by atoms with Crippen molar-refractivity contribution >= 4 is 38.6 Å². The lowest BCUT2D eigenvalue weighted by Gasteiger charge is -2.26. The molecular formula is C39H24N4S. The van der Waals surface area contributed by atoms with Gasteiger partial charge in [-0.15, -0.1) is 11.3 Å². The van der Waals surface area contributed by atoms with E-state index in [0.29, 0.717) is 11.1 Å². The Morgan fingerprint density at radius 3 is 1.25 bits per heavy atom. The lowest BCUT2D eigenvalue weighted by molar-refractivity contribution is 1.28. The molecule has 7 aromatic rings. The lowest BCUT2D eigenvalue weighted by atomic mass is 10.0. The Morgan fingerprint density at radius 2 is 0.841 bits per heavy atom. The van der Waals surface area contributed by atoms with Gasteiger partial charge < -0.3 is 4.90 Å². The smallest absolute Gasteiger partial charge is 0.124 e. The van der Waals surface area contributed by atoms with E-state index >= 15 is 0 Å². The molecule has 206 valence electrons. The van der Waals surface area contributed by atoms with Crippen LogP contribution < -0.4 is 4.90 Å². The van der Waals surface area contributed by atoms with Crippen molar-refractivity contribution in [3.8, 4) is 45.0 Å². The van der Waals surface area contributed by atoms with Crippen LogP contribution in [0.5, 0.6) is 0 Å². The summed E-state index contributed by atoms with van der Waals surface area (Å²) in [7, 11) is 0. The van der Waals surface area contributed by atoms with Crippen molar-refractivity contribution in [2.45, 2.75) is 0 Å². The molecule has 0 saturated heterocycles. The van der Waals surface area contributed by atoms with Crippen LogP contribution in [0.15, 0.2) is 146 Å². The fourth-order valence-corrected chi connectivity index (χ4v) is 6.25. The summed E-state index contributed by atoms with van der Waals surface area (Å²) in [6.45, 7) is 0. The summed E-state index contributed by atoms with van der Waals surface area (Å²) in [6, 6.07) is 53.4. The molecule has 0 saturated carbocycles. The number of nitrogens with zero attached hydrogens (tertiary/aromatic N) is 4. The van der Waals surface area contributed by atoms with Crippen LogP contribution in [0.2, 0.25) is 0 Å². The van der Waals surface area contributed by atoms with Crippen molar-refractivity contribution in [2.24, 2.45) is 0 Å². The summed E-state index contributed by atoms with van der Waals surface area (Å²) < 4.78 is 1.18. The minimum atomic E-state index is 0.648. The number of para-hydroxylation sites is 1. The number of benzene rings is 6. The van der Waals surface area contributed by atoms with E-state index in [4.69, 9.17) is 15.5 Å². The monoisotopic (exact) mass is 580 g/mol. The Morgan fingerprint density at radius 1 is 0.455 bits per heavy atom. The van der Waals surface area contributed by atoms with Crippen LogP contribution in [0.4, 0.5) is 17.1 Å². The first kappa shape index (κ1) is 26.9. The maximum atomic E-state index is 9.16. The second-order valence-corrected chi connectivity index (χ2v) is 11.4. The highest BCUT2D eigenvalue weighted by Crippen LogP contribution is 2.38. The van der Waals surface area contributed by atoms with E-state index in [9.17, 15) is 0 Å². The van der Waals surface area contributed by atoms with Crippen LogP contribution in [0.3, 0.4) is 0 Å². The predicted octanol–water partition coefficient (Wildman–Crippen LogP) is 10.5. The molecule has 1 aromatic heterocycles. The largest absolute Gasteiger partial charge is 0.311 e. The van der Waals surface area contributed by atoms with Crippen LogP contribution in [0, 0.1) is 22.7 Å². The number of hydrogen-bond donors (Lipinski definition) is 0. The first-order valence-corrected chi connectivity index (χ1v) is 15.0. The number of fused-ring (bicyclic) bond motifs is 1. The van der Waals surface area contributed by atoms with Crippen LogP contribution >= 0.6 is 11.3 Å². The van der Waals surface area contributed by atoms with Gasteiger partial charge in [0.15, 0.2) is 0 Å². The van der Waals surface area contributed by atoms with E-state index < -0.39 is 0 Å². The minimum absolute atomic E-state index is 0.648. The molecule has 0 aliphatic carbocycles. The Hall–Kier alpha value is -6.01. The maximum Gasteiger partial charge on any atom is 0.124 e. The Labute approximate surface area is 260 Å². The molecule has 0 atom stereocenters. The molecule has 0 bridgehead atoms. The topological polar surface area (TPSA) is 63.7 Å². The van der Waals surface area contributed by atoms with E-state index in [-0.39, 0.29) is 0 Å². The molecule has 0 N–H and O–H groups in total. The van der Waals surface area contributed by atoms with Gasteiger partial charge >= 0.3 is 0 Å². The second-order valence-electron chi connectivity index (χ2n) is 10.3. The zero-order valence-electron chi connectivity index (χ0n) is 23.6. The van der Waals surface area contributed by atoms with Crippen molar-refractivity contribution in [1.29, 1.82) is 10.5 Å². The van der Waals surface area contributed by atoms with Gasteiger partial charge in [-0.25, -0.2) is 4.98 Å². The molecule has 5 heteroatoms. The van der Waals surface area contributed by atoms with Gasteiger partial charge in [0.2, 0.25) is 0 Å². The molecule has 0 amide bonds. The quantitative estimate of drug-likeness (QED) is 0.196. The summed E-state index contributed by atoms with van der Waals surface area (Å²) in [5.41, 5.74) is 10.8. The number of aromatic nitrogens is 1. The molecule has 0 aliphatic rings. The van der Waals surface area contributed by atoms with Gasteiger partial charge in [0.1, 0.15) is 5.01 Å². The van der Waals surface area contributed by atoms with Crippen LogP contribution in [0.1, 0.15) is 11.1 Å². The van der Waals surface area contributed by atoms with Gasteiger partial charge in [-0.3, -0.25) is 0 Å². The van der Waals surface area contributed by atoms with E-state index in [2.05, 4.69) is 102 Å². The number of thiazole rings is 1. The highest BCUT2D eigenvalue weighted by Gasteiger charge is 2.15. The highest BCUT2D eigenvalue weighted by molar-refractivity contribution is 7.21. The molecule has 0 aliphatic heterocycles. The highest BCUT2D eigenvalue weighted by atomic mass is 32.1. The Balaban J connectivity index is 1.25. The fraction of sp³-hybridized carbons (Fsp3) is 0. The molecule has 0 radical (unpaired) electrons. The standard InChI is InChI=1S/C39H24N4S/c40-25-27-5-9-29(10-6-27)31-13-19-34(20-14-31)43(35-21-15-32(16-22-35)30-11-7-28(26-41)8-12-30)36-23-17-33(18-24-36)39-42-37-3-1-2-4-38(37)44-39/h1-24H. The first-order chi connectivity index (χ1) is 21.7. The molecule has 4 nitrogen and oxygen atoms in total. The van der Waals surface area contributed by atoms with Gasteiger partial charge in [-0.2, -0.15) is 10.5 Å². The van der Waals surface area contributed by atoms with Gasteiger partial charge in [-0.05, 0) is 107 Å². The van der Waals surface area contributed by atoms with E-state index in [1.165, 1.54) is 4.70 Å². The molecule has 44 heavy (non-hydrogen) atoms. The van der Waals surface area contributed by atoms with Gasteiger partial charge in [0, 0.05) is 22.6 Å². The van der Waals surface area contributed by atoms with Crippen LogP contribution in [-0.2, 0) is 0 Å². The summed E-state index contributed by atoms with van der Waals surface area (Å²) in [5.74, 6) is 0. The third-order valence-corrected chi connectivity index (χ3v) is 8.70. The average molecular weight is 581 g/mol. The van der Waals surface area contributed by atoms with Crippen LogP contribution in [0.25, 0.3) is 43.0 Å². The molecule has 7 rings (SSSR count). The zero-order valence-corrected chi connectivity index (χ0v) is 24.4. The molecule has 6 aromatic carbocycles. The number of nitriles is 2. The average Bonchev–Trinajstić information content (AvgIpc) is 3.54. The SMILES string of the molecule is N#Cc1ccc(-c2ccc(N(c3ccc(-c4ccc(C#N)cc4)cc3)c3ccc(-c4nc5ccccc5s4)cc3)cc2)cc1. The second kappa shape index (κ2) is 11.7. The third kappa shape index (κ3) is 5.32. The van der Waals surface area contributed by atoms with Gasteiger partial charge in [0.05, 0.1) is 33.5 Å².